The van der Waals surface area contributed by atoms with Crippen molar-refractivity contribution in [3.05, 3.63) is 64.2 Å². The van der Waals surface area contributed by atoms with Gasteiger partial charge in [0.1, 0.15) is 5.82 Å². The lowest BCUT2D eigenvalue weighted by Crippen LogP contribution is -2.19. The Morgan fingerprint density at radius 2 is 1.95 bits per heavy atom. The maximum atomic E-state index is 13.8. The number of benzene rings is 2. The smallest absolute Gasteiger partial charge is 0.165 e. The maximum Gasteiger partial charge on any atom is 0.165 e. The molecule has 0 fully saturated rings. The Morgan fingerprint density at radius 3 is 2.52 bits per heavy atom. The van der Waals surface area contributed by atoms with E-state index in [1.165, 1.54) is 25.3 Å². The normalized spacial score (nSPS) is 12.2. The third kappa shape index (κ3) is 3.71. The Balaban J connectivity index is 2.25. The predicted molar refractivity (Wildman–Crippen MR) is 79.9 cm³/mol. The van der Waals surface area contributed by atoms with E-state index in [0.29, 0.717) is 11.4 Å². The molecule has 1 atom stereocenters. The first-order valence-electron chi connectivity index (χ1n) is 6.49. The molecule has 2 aromatic rings. The molecule has 0 saturated carbocycles. The SMILES string of the molecule is CNC(Cc1ccc(F)cc1Cl)c1ccc(OC)c(F)c1. The molecule has 0 spiro atoms. The summed E-state index contributed by atoms with van der Waals surface area (Å²) in [7, 11) is 3.20. The van der Waals surface area contributed by atoms with Gasteiger partial charge >= 0.3 is 0 Å². The van der Waals surface area contributed by atoms with Gasteiger partial charge in [-0.2, -0.15) is 0 Å². The molecule has 0 aliphatic carbocycles. The molecule has 0 aliphatic heterocycles. The van der Waals surface area contributed by atoms with E-state index in [1.54, 1.807) is 25.2 Å². The highest BCUT2D eigenvalue weighted by molar-refractivity contribution is 6.31. The quantitative estimate of drug-likeness (QED) is 0.896. The largest absolute Gasteiger partial charge is 0.494 e. The van der Waals surface area contributed by atoms with Crippen molar-refractivity contribution < 1.29 is 13.5 Å². The number of methoxy groups -OCH3 is 1. The highest BCUT2D eigenvalue weighted by atomic mass is 35.5. The number of hydrogen-bond acceptors (Lipinski definition) is 2. The van der Waals surface area contributed by atoms with E-state index in [9.17, 15) is 8.78 Å². The summed E-state index contributed by atoms with van der Waals surface area (Å²) in [5, 5.41) is 3.48. The van der Waals surface area contributed by atoms with Crippen LogP contribution in [0.3, 0.4) is 0 Å². The zero-order chi connectivity index (χ0) is 15.4. The van der Waals surface area contributed by atoms with Gasteiger partial charge in [-0.25, -0.2) is 8.78 Å². The van der Waals surface area contributed by atoms with Gasteiger partial charge in [0.2, 0.25) is 0 Å². The summed E-state index contributed by atoms with van der Waals surface area (Å²) in [6, 6.07) is 8.95. The van der Waals surface area contributed by atoms with E-state index in [4.69, 9.17) is 16.3 Å². The van der Waals surface area contributed by atoms with Crippen LogP contribution in [0.1, 0.15) is 17.2 Å². The minimum absolute atomic E-state index is 0.131. The zero-order valence-electron chi connectivity index (χ0n) is 11.8. The molecule has 2 nitrogen and oxygen atoms in total. The number of ether oxygens (including phenoxy) is 1. The monoisotopic (exact) mass is 311 g/mol. The molecule has 1 N–H and O–H groups in total. The van der Waals surface area contributed by atoms with Crippen molar-refractivity contribution in [3.8, 4) is 5.75 Å². The van der Waals surface area contributed by atoms with Gasteiger partial charge in [0, 0.05) is 11.1 Å². The van der Waals surface area contributed by atoms with Crippen LogP contribution >= 0.6 is 11.6 Å². The first kappa shape index (κ1) is 15.7. The van der Waals surface area contributed by atoms with Gasteiger partial charge in [-0.05, 0) is 48.9 Å². The number of hydrogen-bond donors (Lipinski definition) is 1. The molecule has 0 aromatic heterocycles. The van der Waals surface area contributed by atoms with Crippen molar-refractivity contribution in [1.29, 1.82) is 0 Å². The fourth-order valence-corrected chi connectivity index (χ4v) is 2.44. The first-order chi connectivity index (χ1) is 10.0. The average molecular weight is 312 g/mol. The van der Waals surface area contributed by atoms with E-state index >= 15 is 0 Å². The molecule has 2 aromatic carbocycles. The minimum atomic E-state index is -0.416. The van der Waals surface area contributed by atoms with Gasteiger partial charge in [0.15, 0.2) is 11.6 Å². The lowest BCUT2D eigenvalue weighted by atomic mass is 9.98. The van der Waals surface area contributed by atoms with E-state index in [0.717, 1.165) is 11.1 Å². The Bertz CT molecular complexity index is 634. The van der Waals surface area contributed by atoms with E-state index in [-0.39, 0.29) is 17.6 Å². The molecular formula is C16H16ClF2NO. The second-order valence-corrected chi connectivity index (χ2v) is 5.08. The first-order valence-corrected chi connectivity index (χ1v) is 6.87. The van der Waals surface area contributed by atoms with E-state index < -0.39 is 5.82 Å². The van der Waals surface area contributed by atoms with Gasteiger partial charge in [-0.1, -0.05) is 23.7 Å². The molecule has 1 unspecified atom stereocenters. The second kappa shape index (κ2) is 6.87. The van der Waals surface area contributed by atoms with Crippen molar-refractivity contribution in [1.82, 2.24) is 5.32 Å². The summed E-state index contributed by atoms with van der Waals surface area (Å²) in [6.45, 7) is 0. The van der Waals surface area contributed by atoms with Crippen LogP contribution in [0.2, 0.25) is 5.02 Å². The number of halogens is 3. The fraction of sp³-hybridized carbons (Fsp3) is 0.250. The molecule has 0 radical (unpaired) electrons. The van der Waals surface area contributed by atoms with Gasteiger partial charge in [0.05, 0.1) is 7.11 Å². The Labute approximate surface area is 127 Å². The Morgan fingerprint density at radius 1 is 1.19 bits per heavy atom. The number of nitrogens with one attached hydrogen (secondary N) is 1. The minimum Gasteiger partial charge on any atom is -0.494 e. The third-order valence-electron chi connectivity index (χ3n) is 3.37. The number of rotatable bonds is 5. The number of likely N-dealkylation sites (N-methyl/N-ethyl adjacent to an activating group) is 1. The van der Waals surface area contributed by atoms with Crippen LogP contribution in [0, 0.1) is 11.6 Å². The zero-order valence-corrected chi connectivity index (χ0v) is 12.5. The molecule has 2 rings (SSSR count). The summed E-state index contributed by atoms with van der Waals surface area (Å²) >= 11 is 6.04. The van der Waals surface area contributed by atoms with E-state index in [1.807, 2.05) is 0 Å². The van der Waals surface area contributed by atoms with Crippen LogP contribution in [-0.2, 0) is 6.42 Å². The van der Waals surface area contributed by atoms with Crippen molar-refractivity contribution >= 4 is 11.6 Å². The van der Waals surface area contributed by atoms with Gasteiger partial charge in [-0.15, -0.1) is 0 Å². The van der Waals surface area contributed by atoms with Gasteiger partial charge in [-0.3, -0.25) is 0 Å². The summed E-state index contributed by atoms with van der Waals surface area (Å²) in [4.78, 5) is 0. The van der Waals surface area contributed by atoms with Crippen molar-refractivity contribution in [2.24, 2.45) is 0 Å². The summed E-state index contributed by atoms with van der Waals surface area (Å²) in [5.41, 5.74) is 1.57. The Hall–Kier alpha value is -1.65. The lowest BCUT2D eigenvalue weighted by Gasteiger charge is -2.18. The van der Waals surface area contributed by atoms with Gasteiger partial charge in [0.25, 0.3) is 0 Å². The van der Waals surface area contributed by atoms with Crippen LogP contribution in [0.25, 0.3) is 0 Å². The van der Waals surface area contributed by atoms with E-state index in [2.05, 4.69) is 5.32 Å². The van der Waals surface area contributed by atoms with Crippen molar-refractivity contribution in [2.45, 2.75) is 12.5 Å². The van der Waals surface area contributed by atoms with Crippen LogP contribution in [0.4, 0.5) is 8.78 Å². The van der Waals surface area contributed by atoms with Crippen LogP contribution in [-0.4, -0.2) is 14.2 Å². The molecule has 0 bridgehead atoms. The molecule has 0 saturated heterocycles. The molecule has 112 valence electrons. The van der Waals surface area contributed by atoms with Crippen molar-refractivity contribution in [3.63, 3.8) is 0 Å². The molecule has 21 heavy (non-hydrogen) atoms. The maximum absolute atomic E-state index is 13.8. The van der Waals surface area contributed by atoms with Crippen LogP contribution < -0.4 is 10.1 Å². The molecule has 0 amide bonds. The summed E-state index contributed by atoms with van der Waals surface area (Å²) in [6.07, 6.45) is 0.529. The highest BCUT2D eigenvalue weighted by Crippen LogP contribution is 2.27. The molecule has 0 aliphatic rings. The second-order valence-electron chi connectivity index (χ2n) is 4.68. The standard InChI is InChI=1S/C16H16ClF2NO/c1-20-15(8-10-3-5-12(18)9-13(10)17)11-4-6-16(21-2)14(19)7-11/h3-7,9,15,20H,8H2,1-2H3. The topological polar surface area (TPSA) is 21.3 Å². The molecular weight excluding hydrogens is 296 g/mol. The van der Waals surface area contributed by atoms with Gasteiger partial charge < -0.3 is 10.1 Å². The fourth-order valence-electron chi connectivity index (χ4n) is 2.19. The highest BCUT2D eigenvalue weighted by Gasteiger charge is 2.15. The molecule has 5 heteroatoms. The third-order valence-corrected chi connectivity index (χ3v) is 3.72. The molecule has 0 heterocycles. The average Bonchev–Trinajstić information content (AvgIpc) is 2.46. The summed E-state index contributed by atoms with van der Waals surface area (Å²) < 4.78 is 31.8. The van der Waals surface area contributed by atoms with Crippen molar-refractivity contribution in [2.75, 3.05) is 14.2 Å². The van der Waals surface area contributed by atoms with Crippen LogP contribution in [0.5, 0.6) is 5.75 Å². The summed E-state index contributed by atoms with van der Waals surface area (Å²) in [5.74, 6) is -0.589. The Kier molecular flexibility index (Phi) is 5.15. The van der Waals surface area contributed by atoms with Crippen LogP contribution in [0.15, 0.2) is 36.4 Å². The lowest BCUT2D eigenvalue weighted by molar-refractivity contribution is 0.385. The predicted octanol–water partition coefficient (Wildman–Crippen LogP) is 4.13.